The van der Waals surface area contributed by atoms with Crippen LogP contribution in [0.3, 0.4) is 0 Å². The van der Waals surface area contributed by atoms with Gasteiger partial charge in [-0.15, -0.1) is 0 Å². The van der Waals surface area contributed by atoms with Gasteiger partial charge in [0.15, 0.2) is 6.29 Å². The number of hydrogen-bond donors (Lipinski definition) is 0. The van der Waals surface area contributed by atoms with Crippen molar-refractivity contribution < 1.29 is 27.5 Å². The SMILES string of the molecule is CCOC(=O)c1c(C(C)C)nc(C(C)C)c(C=O)c1-c1ccc(C(F)(F)F)cc1. The van der Waals surface area contributed by atoms with E-state index < -0.39 is 17.7 Å². The third-order valence-electron chi connectivity index (χ3n) is 4.48. The summed E-state index contributed by atoms with van der Waals surface area (Å²) in [5.41, 5.74) is 1.03. The molecule has 0 fully saturated rings. The second-order valence-electron chi connectivity index (χ2n) is 7.27. The second kappa shape index (κ2) is 8.76. The molecule has 0 aliphatic rings. The standard InChI is InChI=1S/C22H24F3NO3/c1-6-29-21(28)18-17(14-7-9-15(10-8-14)22(23,24)25)16(11-27)19(12(2)3)26-20(18)13(4)5/h7-13H,6H2,1-5H3. The van der Waals surface area contributed by atoms with Gasteiger partial charge in [-0.1, -0.05) is 39.8 Å². The van der Waals surface area contributed by atoms with E-state index in [1.807, 2.05) is 27.7 Å². The summed E-state index contributed by atoms with van der Waals surface area (Å²) in [5, 5.41) is 0. The van der Waals surface area contributed by atoms with Gasteiger partial charge in [-0.2, -0.15) is 13.2 Å². The smallest absolute Gasteiger partial charge is 0.416 e. The number of aldehydes is 1. The summed E-state index contributed by atoms with van der Waals surface area (Å²) in [7, 11) is 0. The minimum absolute atomic E-state index is 0.116. The number of nitrogens with zero attached hydrogens (tertiary/aromatic N) is 1. The van der Waals surface area contributed by atoms with Crippen molar-refractivity contribution in [3.8, 4) is 11.1 Å². The van der Waals surface area contributed by atoms with E-state index >= 15 is 0 Å². The fourth-order valence-corrected chi connectivity index (χ4v) is 3.15. The molecule has 0 bridgehead atoms. The molecule has 2 aromatic rings. The fraction of sp³-hybridized carbons (Fsp3) is 0.409. The van der Waals surface area contributed by atoms with E-state index in [1.165, 1.54) is 12.1 Å². The van der Waals surface area contributed by atoms with Crippen molar-refractivity contribution in [1.82, 2.24) is 4.98 Å². The maximum absolute atomic E-state index is 13.0. The maximum Gasteiger partial charge on any atom is 0.416 e. The first-order valence-electron chi connectivity index (χ1n) is 9.40. The topological polar surface area (TPSA) is 56.3 Å². The van der Waals surface area contributed by atoms with Gasteiger partial charge >= 0.3 is 12.1 Å². The molecule has 2 rings (SSSR count). The molecule has 0 radical (unpaired) electrons. The van der Waals surface area contributed by atoms with Crippen molar-refractivity contribution in [3.63, 3.8) is 0 Å². The molecular formula is C22H24F3NO3. The highest BCUT2D eigenvalue weighted by molar-refractivity contribution is 6.04. The first-order valence-corrected chi connectivity index (χ1v) is 9.40. The number of hydrogen-bond acceptors (Lipinski definition) is 4. The van der Waals surface area contributed by atoms with Gasteiger partial charge in [0.25, 0.3) is 0 Å². The van der Waals surface area contributed by atoms with Crippen LogP contribution in [-0.4, -0.2) is 23.8 Å². The highest BCUT2D eigenvalue weighted by atomic mass is 19.4. The normalized spacial score (nSPS) is 11.8. The van der Waals surface area contributed by atoms with Crippen LogP contribution in [0.1, 0.15) is 84.1 Å². The van der Waals surface area contributed by atoms with Crippen LogP contribution in [0.15, 0.2) is 24.3 Å². The number of aromatic nitrogens is 1. The van der Waals surface area contributed by atoms with Crippen molar-refractivity contribution >= 4 is 12.3 Å². The van der Waals surface area contributed by atoms with Crippen LogP contribution in [0.25, 0.3) is 11.1 Å². The molecule has 7 heteroatoms. The molecule has 0 aliphatic heterocycles. The van der Waals surface area contributed by atoms with Crippen molar-refractivity contribution in [3.05, 3.63) is 52.3 Å². The molecular weight excluding hydrogens is 383 g/mol. The number of esters is 1. The van der Waals surface area contributed by atoms with Crippen LogP contribution in [0, 0.1) is 0 Å². The first-order chi connectivity index (χ1) is 13.5. The van der Waals surface area contributed by atoms with Crippen molar-refractivity contribution in [2.45, 2.75) is 52.6 Å². The number of benzene rings is 1. The van der Waals surface area contributed by atoms with Crippen LogP contribution in [0.5, 0.6) is 0 Å². The third-order valence-corrected chi connectivity index (χ3v) is 4.48. The van der Waals surface area contributed by atoms with Crippen molar-refractivity contribution in [2.24, 2.45) is 0 Å². The largest absolute Gasteiger partial charge is 0.462 e. The average molecular weight is 407 g/mol. The van der Waals surface area contributed by atoms with Crippen LogP contribution in [0.4, 0.5) is 13.2 Å². The molecule has 29 heavy (non-hydrogen) atoms. The number of carbonyl (C=O) groups is 2. The zero-order valence-corrected chi connectivity index (χ0v) is 17.1. The van der Waals surface area contributed by atoms with E-state index in [-0.39, 0.29) is 35.1 Å². The monoisotopic (exact) mass is 407 g/mol. The minimum atomic E-state index is -4.49. The predicted octanol–water partition coefficient (Wildman–Crippen LogP) is 6.00. The van der Waals surface area contributed by atoms with Gasteiger partial charge in [-0.3, -0.25) is 9.78 Å². The summed E-state index contributed by atoms with van der Waals surface area (Å²) in [5.74, 6) is -0.949. The molecule has 0 spiro atoms. The fourth-order valence-electron chi connectivity index (χ4n) is 3.15. The Morgan fingerprint density at radius 2 is 1.62 bits per heavy atom. The van der Waals surface area contributed by atoms with Crippen LogP contribution in [-0.2, 0) is 10.9 Å². The number of alkyl halides is 3. The Morgan fingerprint density at radius 3 is 2.03 bits per heavy atom. The van der Waals surface area contributed by atoms with E-state index in [0.29, 0.717) is 23.2 Å². The number of pyridine rings is 1. The molecule has 0 N–H and O–H groups in total. The minimum Gasteiger partial charge on any atom is -0.462 e. The number of carbonyl (C=O) groups excluding carboxylic acids is 2. The van der Waals surface area contributed by atoms with Crippen molar-refractivity contribution in [2.75, 3.05) is 6.61 Å². The molecule has 1 heterocycles. The molecule has 0 atom stereocenters. The molecule has 0 saturated heterocycles. The van der Waals surface area contributed by atoms with Crippen LogP contribution in [0.2, 0.25) is 0 Å². The lowest BCUT2D eigenvalue weighted by atomic mass is 9.87. The molecule has 4 nitrogen and oxygen atoms in total. The van der Waals surface area contributed by atoms with E-state index in [4.69, 9.17) is 4.74 Å². The third kappa shape index (κ3) is 4.66. The van der Waals surface area contributed by atoms with Gasteiger partial charge in [0.2, 0.25) is 0 Å². The number of halogens is 3. The molecule has 0 amide bonds. The quantitative estimate of drug-likeness (QED) is 0.435. The van der Waals surface area contributed by atoms with Gasteiger partial charge in [0, 0.05) is 11.1 Å². The Morgan fingerprint density at radius 1 is 1.07 bits per heavy atom. The Kier molecular flexibility index (Phi) is 6.82. The predicted molar refractivity (Wildman–Crippen MR) is 104 cm³/mol. The Labute approximate surface area is 168 Å². The zero-order chi connectivity index (χ0) is 21.9. The summed E-state index contributed by atoms with van der Waals surface area (Å²) in [6, 6.07) is 4.40. The lowest BCUT2D eigenvalue weighted by molar-refractivity contribution is -0.137. The molecule has 156 valence electrons. The Balaban J connectivity index is 2.92. The molecule has 0 saturated carbocycles. The Hall–Kier alpha value is -2.70. The molecule has 1 aromatic heterocycles. The van der Waals surface area contributed by atoms with Crippen molar-refractivity contribution in [1.29, 1.82) is 0 Å². The van der Waals surface area contributed by atoms with Gasteiger partial charge in [0.05, 0.1) is 29.1 Å². The lowest BCUT2D eigenvalue weighted by Gasteiger charge is -2.22. The summed E-state index contributed by atoms with van der Waals surface area (Å²) in [6.45, 7) is 9.20. The van der Waals surface area contributed by atoms with E-state index in [9.17, 15) is 22.8 Å². The first kappa shape index (κ1) is 22.6. The van der Waals surface area contributed by atoms with Crippen LogP contribution >= 0.6 is 0 Å². The lowest BCUT2D eigenvalue weighted by Crippen LogP contribution is -2.17. The maximum atomic E-state index is 13.0. The zero-order valence-electron chi connectivity index (χ0n) is 17.1. The Bertz CT molecular complexity index is 901. The second-order valence-corrected chi connectivity index (χ2v) is 7.27. The highest BCUT2D eigenvalue weighted by Crippen LogP contribution is 2.37. The molecule has 0 unspecified atom stereocenters. The van der Waals surface area contributed by atoms with E-state index in [2.05, 4.69) is 4.98 Å². The highest BCUT2D eigenvalue weighted by Gasteiger charge is 2.31. The number of ether oxygens (including phenoxy) is 1. The molecule has 1 aromatic carbocycles. The van der Waals surface area contributed by atoms with E-state index in [0.717, 1.165) is 12.1 Å². The molecule has 0 aliphatic carbocycles. The van der Waals surface area contributed by atoms with Gasteiger partial charge in [-0.25, -0.2) is 4.79 Å². The summed E-state index contributed by atoms with van der Waals surface area (Å²) >= 11 is 0. The van der Waals surface area contributed by atoms with Gasteiger partial charge in [-0.05, 0) is 36.5 Å². The van der Waals surface area contributed by atoms with Gasteiger partial charge < -0.3 is 4.74 Å². The summed E-state index contributed by atoms with van der Waals surface area (Å²) < 4.78 is 44.1. The average Bonchev–Trinajstić information content (AvgIpc) is 2.65. The van der Waals surface area contributed by atoms with Crippen LogP contribution < -0.4 is 0 Å². The summed E-state index contributed by atoms with van der Waals surface area (Å²) in [4.78, 5) is 29.4. The van der Waals surface area contributed by atoms with Gasteiger partial charge in [0.1, 0.15) is 0 Å². The van der Waals surface area contributed by atoms with E-state index in [1.54, 1.807) is 6.92 Å². The number of rotatable bonds is 6. The summed E-state index contributed by atoms with van der Waals surface area (Å²) in [6.07, 6.45) is -3.89.